The molecule has 1 aromatic heterocycles. The van der Waals surface area contributed by atoms with Gasteiger partial charge in [0.25, 0.3) is 0 Å². The Bertz CT molecular complexity index is 746. The molecule has 6 nitrogen and oxygen atoms in total. The highest BCUT2D eigenvalue weighted by Gasteiger charge is 2.08. The molecule has 0 bridgehead atoms. The largest absolute Gasteiger partial charge is 0.461 e. The standard InChI is InChI=1S/C28H42N2O4/c1-4-7-15-27(31)33-22-11-8-9-13-25(5-2)14-10-12-23-34-28(32)18-21-30(6-3)24-26-16-19-29-20-17-26/h5,8,10-12,16-17,19-20,25H,2,4,6-7,9,13-15,18,21-24H2,1,3H3/b11-8+,12-10-. The summed E-state index contributed by atoms with van der Waals surface area (Å²) in [5.74, 6) is 0.0441. The molecule has 1 unspecified atom stereocenters. The fraction of sp³-hybridized carbons (Fsp3) is 0.536. The van der Waals surface area contributed by atoms with Crippen LogP contribution in [0.5, 0.6) is 0 Å². The number of esters is 2. The zero-order chi connectivity index (χ0) is 24.9. The number of hydrogen-bond donors (Lipinski definition) is 0. The minimum atomic E-state index is -0.182. The first-order valence-electron chi connectivity index (χ1n) is 12.4. The van der Waals surface area contributed by atoms with Gasteiger partial charge in [-0.15, -0.1) is 6.58 Å². The third-order valence-electron chi connectivity index (χ3n) is 5.46. The highest BCUT2D eigenvalue weighted by molar-refractivity contribution is 5.69. The molecule has 1 heterocycles. The zero-order valence-corrected chi connectivity index (χ0v) is 21.0. The van der Waals surface area contributed by atoms with Crippen LogP contribution in [0.4, 0.5) is 0 Å². The fourth-order valence-corrected chi connectivity index (χ4v) is 3.26. The van der Waals surface area contributed by atoms with Crippen molar-refractivity contribution in [3.8, 4) is 0 Å². The molecule has 0 aliphatic heterocycles. The molecule has 0 aliphatic carbocycles. The molecule has 0 N–H and O–H groups in total. The maximum Gasteiger partial charge on any atom is 0.307 e. The first-order chi connectivity index (χ1) is 16.6. The summed E-state index contributed by atoms with van der Waals surface area (Å²) in [6, 6.07) is 3.98. The van der Waals surface area contributed by atoms with E-state index in [4.69, 9.17) is 9.47 Å². The molecule has 1 atom stereocenters. The quantitative estimate of drug-likeness (QED) is 0.192. The highest BCUT2D eigenvalue weighted by atomic mass is 16.5. The number of unbranched alkanes of at least 4 members (excludes halogenated alkanes) is 1. The summed E-state index contributed by atoms with van der Waals surface area (Å²) < 4.78 is 10.5. The van der Waals surface area contributed by atoms with Crippen molar-refractivity contribution >= 4 is 11.9 Å². The average Bonchev–Trinajstić information content (AvgIpc) is 2.86. The van der Waals surface area contributed by atoms with E-state index in [1.807, 2.05) is 42.5 Å². The predicted octanol–water partition coefficient (Wildman–Crippen LogP) is 5.66. The van der Waals surface area contributed by atoms with Crippen LogP contribution in [0.2, 0.25) is 0 Å². The smallest absolute Gasteiger partial charge is 0.307 e. The summed E-state index contributed by atoms with van der Waals surface area (Å²) in [5.41, 5.74) is 1.19. The van der Waals surface area contributed by atoms with Crippen molar-refractivity contribution in [2.45, 2.75) is 65.3 Å². The summed E-state index contributed by atoms with van der Waals surface area (Å²) in [4.78, 5) is 29.7. The summed E-state index contributed by atoms with van der Waals surface area (Å²) in [5, 5.41) is 0. The number of rotatable bonds is 19. The van der Waals surface area contributed by atoms with Gasteiger partial charge in [0.15, 0.2) is 0 Å². The molecule has 1 rings (SSSR count). The molecule has 0 aromatic carbocycles. The SMILES string of the molecule is C=CC(C/C=C\COC(=O)CCN(CC)Cc1ccncc1)CC/C=C/COC(=O)CCCC. The Balaban J connectivity index is 2.15. The van der Waals surface area contributed by atoms with Crippen molar-refractivity contribution in [1.29, 1.82) is 0 Å². The predicted molar refractivity (Wildman–Crippen MR) is 137 cm³/mol. The first-order valence-corrected chi connectivity index (χ1v) is 12.4. The van der Waals surface area contributed by atoms with Crippen molar-refractivity contribution in [3.63, 3.8) is 0 Å². The average molecular weight is 471 g/mol. The second-order valence-corrected chi connectivity index (χ2v) is 8.20. The van der Waals surface area contributed by atoms with E-state index in [0.29, 0.717) is 38.5 Å². The first kappa shape index (κ1) is 29.3. The lowest BCUT2D eigenvalue weighted by Gasteiger charge is -2.19. The number of allylic oxidation sites excluding steroid dienone is 3. The van der Waals surface area contributed by atoms with Gasteiger partial charge in [0.1, 0.15) is 13.2 Å². The van der Waals surface area contributed by atoms with E-state index in [2.05, 4.69) is 30.3 Å². The van der Waals surface area contributed by atoms with Crippen molar-refractivity contribution in [3.05, 3.63) is 67.0 Å². The van der Waals surface area contributed by atoms with E-state index in [1.54, 1.807) is 12.4 Å². The second kappa shape index (κ2) is 19.7. The van der Waals surface area contributed by atoms with Gasteiger partial charge in [-0.2, -0.15) is 0 Å². The molecule has 0 radical (unpaired) electrons. The van der Waals surface area contributed by atoms with Gasteiger partial charge >= 0.3 is 11.9 Å². The topological polar surface area (TPSA) is 68.7 Å². The van der Waals surface area contributed by atoms with Gasteiger partial charge in [-0.05, 0) is 55.8 Å². The van der Waals surface area contributed by atoms with Gasteiger partial charge in [-0.3, -0.25) is 19.5 Å². The molecule has 188 valence electrons. The van der Waals surface area contributed by atoms with E-state index in [0.717, 1.165) is 45.2 Å². The summed E-state index contributed by atoms with van der Waals surface area (Å²) in [6.45, 7) is 11.0. The van der Waals surface area contributed by atoms with Gasteiger partial charge < -0.3 is 9.47 Å². The molecule has 1 aromatic rings. The Kier molecular flexibility index (Phi) is 17.0. The molecule has 0 aliphatic rings. The Hall–Kier alpha value is -2.73. The molecule has 0 amide bonds. The number of hydrogen-bond acceptors (Lipinski definition) is 6. The monoisotopic (exact) mass is 470 g/mol. The van der Waals surface area contributed by atoms with Crippen molar-refractivity contribution in [2.75, 3.05) is 26.3 Å². The number of ether oxygens (including phenoxy) is 2. The fourth-order valence-electron chi connectivity index (χ4n) is 3.26. The van der Waals surface area contributed by atoms with Gasteiger partial charge in [0.05, 0.1) is 6.42 Å². The summed E-state index contributed by atoms with van der Waals surface area (Å²) in [6.07, 6.45) is 18.9. The third-order valence-corrected chi connectivity index (χ3v) is 5.46. The van der Waals surface area contributed by atoms with Gasteiger partial charge in [-0.1, -0.05) is 50.6 Å². The van der Waals surface area contributed by atoms with Crippen LogP contribution in [0, 0.1) is 5.92 Å². The summed E-state index contributed by atoms with van der Waals surface area (Å²) in [7, 11) is 0. The Morgan fingerprint density at radius 1 is 1.03 bits per heavy atom. The number of carbonyl (C=O) groups is 2. The number of aromatic nitrogens is 1. The van der Waals surface area contributed by atoms with Crippen LogP contribution < -0.4 is 0 Å². The summed E-state index contributed by atoms with van der Waals surface area (Å²) >= 11 is 0. The van der Waals surface area contributed by atoms with Crippen LogP contribution in [0.25, 0.3) is 0 Å². The molecule has 0 spiro atoms. The van der Waals surface area contributed by atoms with Crippen LogP contribution in [-0.4, -0.2) is 48.1 Å². The minimum absolute atomic E-state index is 0.131. The van der Waals surface area contributed by atoms with E-state index in [1.165, 1.54) is 5.56 Å². The highest BCUT2D eigenvalue weighted by Crippen LogP contribution is 2.13. The van der Waals surface area contributed by atoms with Crippen LogP contribution >= 0.6 is 0 Å². The van der Waals surface area contributed by atoms with Gasteiger partial charge in [-0.25, -0.2) is 0 Å². The lowest BCUT2D eigenvalue weighted by atomic mass is 9.99. The lowest BCUT2D eigenvalue weighted by molar-refractivity contribution is -0.143. The molecular weight excluding hydrogens is 428 g/mol. The van der Waals surface area contributed by atoms with Gasteiger partial charge in [0, 0.05) is 31.9 Å². The third kappa shape index (κ3) is 15.2. The van der Waals surface area contributed by atoms with Crippen LogP contribution in [0.3, 0.4) is 0 Å². The maximum atomic E-state index is 12.0. The molecule has 0 saturated carbocycles. The van der Waals surface area contributed by atoms with E-state index in [9.17, 15) is 9.59 Å². The zero-order valence-electron chi connectivity index (χ0n) is 21.0. The number of pyridine rings is 1. The normalized spacial score (nSPS) is 12.3. The van der Waals surface area contributed by atoms with Crippen molar-refractivity contribution < 1.29 is 19.1 Å². The van der Waals surface area contributed by atoms with Crippen LogP contribution in [-0.2, 0) is 25.6 Å². The van der Waals surface area contributed by atoms with Gasteiger partial charge in [0.2, 0.25) is 0 Å². The maximum absolute atomic E-state index is 12.0. The molecule has 0 saturated heterocycles. The molecule has 0 fully saturated rings. The van der Waals surface area contributed by atoms with Crippen LogP contribution in [0.15, 0.2) is 61.5 Å². The molecule has 6 heteroatoms. The molecular formula is C28H42N2O4. The Morgan fingerprint density at radius 2 is 1.71 bits per heavy atom. The van der Waals surface area contributed by atoms with Crippen molar-refractivity contribution in [1.82, 2.24) is 9.88 Å². The molecule has 34 heavy (non-hydrogen) atoms. The Morgan fingerprint density at radius 3 is 2.35 bits per heavy atom. The number of carbonyl (C=O) groups excluding carboxylic acids is 2. The lowest BCUT2D eigenvalue weighted by Crippen LogP contribution is -2.26. The Labute approximate surface area is 205 Å². The van der Waals surface area contributed by atoms with Crippen LogP contribution in [0.1, 0.15) is 64.4 Å². The van der Waals surface area contributed by atoms with E-state index >= 15 is 0 Å². The minimum Gasteiger partial charge on any atom is -0.461 e. The number of nitrogens with zero attached hydrogens (tertiary/aromatic N) is 2. The van der Waals surface area contributed by atoms with E-state index in [-0.39, 0.29) is 11.9 Å². The van der Waals surface area contributed by atoms with E-state index < -0.39 is 0 Å². The second-order valence-electron chi connectivity index (χ2n) is 8.20. The van der Waals surface area contributed by atoms with Crippen molar-refractivity contribution in [2.24, 2.45) is 5.92 Å².